The summed E-state index contributed by atoms with van der Waals surface area (Å²) in [7, 11) is 0. The van der Waals surface area contributed by atoms with Crippen LogP contribution in [0.1, 0.15) is 22.3 Å². The van der Waals surface area contributed by atoms with E-state index in [1.165, 1.54) is 0 Å². The fourth-order valence-corrected chi connectivity index (χ4v) is 0. The van der Waals surface area contributed by atoms with Gasteiger partial charge in [-0.15, -0.1) is 0 Å². The van der Waals surface area contributed by atoms with Gasteiger partial charge in [0.1, 0.15) is 0 Å². The Morgan fingerprint density at radius 2 is 1.18 bits per heavy atom. The van der Waals surface area contributed by atoms with Gasteiger partial charge >= 0.3 is 6.03 Å². The molecule has 0 radical (unpaired) electrons. The molecule has 0 spiro atoms. The number of nitrogens with two attached hydrogens (primary N) is 2. The Hall–Kier alpha value is -1.39. The van der Waals surface area contributed by atoms with Crippen molar-refractivity contribution in [3.8, 4) is 0 Å². The van der Waals surface area contributed by atoms with Crippen molar-refractivity contribution in [1.82, 2.24) is 6.15 Å². The highest BCUT2D eigenvalue weighted by molar-refractivity contribution is 5.69. The minimum absolute atomic E-state index is 0. The minimum atomic E-state index is -0.833. The molecule has 0 rings (SSSR count). The third-order valence-electron chi connectivity index (χ3n) is 0. The highest BCUT2D eigenvalue weighted by Crippen LogP contribution is 1.25. The molecule has 6 nitrogen and oxygen atoms in total. The van der Waals surface area contributed by atoms with Crippen molar-refractivity contribution in [2.24, 2.45) is 11.5 Å². The van der Waals surface area contributed by atoms with E-state index in [1.807, 2.05) is 0 Å². The Bertz CT molecular complexity index is 84.5. The minimum Gasteiger partial charge on any atom is -0.352 e. The maximum atomic E-state index is 9.00. The summed E-state index contributed by atoms with van der Waals surface area (Å²) in [5.41, 5.74) is 8.50. The van der Waals surface area contributed by atoms with Gasteiger partial charge in [0, 0.05) is 0 Å². The van der Waals surface area contributed by atoms with Crippen LogP contribution in [0.15, 0.2) is 0 Å². The normalized spacial score (nSPS) is 2.91. The van der Waals surface area contributed by atoms with Crippen LogP contribution >= 0.6 is 0 Å². The second-order valence-corrected chi connectivity index (χ2v) is 0.504. The number of rotatable bonds is 0. The monoisotopic (exact) mass is 168 g/mol. The molecule has 0 aromatic rings. The van der Waals surface area contributed by atoms with Crippen LogP contribution in [0.2, 0.25) is 0 Å². The summed E-state index contributed by atoms with van der Waals surface area (Å²) >= 11 is 0. The quantitative estimate of drug-likeness (QED) is 0.316. The van der Waals surface area contributed by atoms with Gasteiger partial charge in [0.25, 0.3) is 0 Å². The number of primary amides is 2. The van der Waals surface area contributed by atoms with Crippen molar-refractivity contribution in [1.29, 1.82) is 5.41 Å². The fraction of sp³-hybridized carbons (Fsp3) is 0.600. The lowest BCUT2D eigenvalue weighted by atomic mass is 11.2. The summed E-state index contributed by atoms with van der Waals surface area (Å²) in [6.45, 7) is 0. The van der Waals surface area contributed by atoms with Crippen LogP contribution in [-0.4, -0.2) is 12.1 Å². The molecule has 0 aromatic carbocycles. The molecule has 0 unspecified atom stereocenters. The second kappa shape index (κ2) is 73.2. The zero-order valence-electron chi connectivity index (χ0n) is 4.18. The van der Waals surface area contributed by atoms with E-state index in [0.29, 0.717) is 0 Å². The summed E-state index contributed by atoms with van der Waals surface area (Å²) in [6, 6.07) is -0.833. The van der Waals surface area contributed by atoms with Gasteiger partial charge in [-0.05, 0) is 0 Å². The first kappa shape index (κ1) is 54.7. The molecule has 0 aliphatic heterocycles. The average Bonchev–Trinajstić information content (AvgIpc) is 1.33. The number of carbonyl (C=O) groups excluding carboxylic acids is 2. The zero-order valence-corrected chi connectivity index (χ0v) is 4.18. The molecule has 72 valence electrons. The van der Waals surface area contributed by atoms with E-state index < -0.39 is 6.03 Å². The maximum absolute atomic E-state index is 9.00. The average molecular weight is 168 g/mol. The molecular weight excluding hydrogens is 148 g/mol. The molecule has 0 saturated carbocycles. The van der Waals surface area contributed by atoms with E-state index in [1.54, 1.807) is 0 Å². The summed E-state index contributed by atoms with van der Waals surface area (Å²) in [5, 5.41) is 5.40. The Morgan fingerprint density at radius 1 is 1.18 bits per heavy atom. The molecule has 0 bridgehead atoms. The van der Waals surface area contributed by atoms with E-state index in [2.05, 4.69) is 11.5 Å². The topological polar surface area (TPSA) is 145 Å². The number of carbonyl (C=O) groups is 1. The summed E-state index contributed by atoms with van der Waals surface area (Å²) in [5.74, 6) is 0. The van der Waals surface area contributed by atoms with Gasteiger partial charge in [-0.2, -0.15) is 0 Å². The number of nitrogens with one attached hydrogen (secondary N) is 1. The Balaban J connectivity index is -0.00000000848. The van der Waals surface area contributed by atoms with E-state index in [0.717, 1.165) is 6.08 Å². The van der Waals surface area contributed by atoms with E-state index in [4.69, 9.17) is 15.0 Å². The lowest BCUT2D eigenvalue weighted by Crippen LogP contribution is -2.18. The molecule has 0 aliphatic rings. The fourth-order valence-electron chi connectivity index (χ4n) is 0. The van der Waals surface area contributed by atoms with Gasteiger partial charge in [0.05, 0.1) is 0 Å². The molecule has 0 fully saturated rings. The number of hydrogen-bond acceptors (Lipinski definition) is 4. The number of amides is 2. The molecular formula is C5H20N4O2. The van der Waals surface area contributed by atoms with Crippen LogP contribution in [0.25, 0.3) is 0 Å². The van der Waals surface area contributed by atoms with Crippen LogP contribution < -0.4 is 17.6 Å². The third-order valence-corrected chi connectivity index (χ3v) is 0. The highest BCUT2D eigenvalue weighted by atomic mass is 16.2. The first-order valence-electron chi connectivity index (χ1n) is 1.24. The number of hydrogen-bond donors (Lipinski definition) is 4. The van der Waals surface area contributed by atoms with Crippen molar-refractivity contribution in [3.63, 3.8) is 0 Å². The molecule has 0 aromatic heterocycles. The van der Waals surface area contributed by atoms with Crippen molar-refractivity contribution < 1.29 is 9.59 Å². The molecule has 0 aliphatic carbocycles. The molecule has 0 saturated heterocycles. The molecule has 2 amide bonds. The third kappa shape index (κ3) is 195. The molecule has 6 heteroatoms. The van der Waals surface area contributed by atoms with Crippen LogP contribution in [0.3, 0.4) is 0 Å². The van der Waals surface area contributed by atoms with Crippen molar-refractivity contribution in [3.05, 3.63) is 0 Å². The van der Waals surface area contributed by atoms with Crippen LogP contribution in [0.5, 0.6) is 0 Å². The van der Waals surface area contributed by atoms with E-state index in [9.17, 15) is 0 Å². The molecule has 11 heavy (non-hydrogen) atoms. The summed E-state index contributed by atoms with van der Waals surface area (Å²) < 4.78 is 0. The van der Waals surface area contributed by atoms with Crippen molar-refractivity contribution >= 4 is 12.1 Å². The van der Waals surface area contributed by atoms with Gasteiger partial charge in [-0.1, -0.05) is 22.3 Å². The zero-order chi connectivity index (χ0) is 6.28. The van der Waals surface area contributed by atoms with Gasteiger partial charge in [-0.25, -0.2) is 15.0 Å². The van der Waals surface area contributed by atoms with Crippen molar-refractivity contribution in [2.75, 3.05) is 0 Å². The lowest BCUT2D eigenvalue weighted by Gasteiger charge is -1.62. The molecule has 0 atom stereocenters. The first-order valence-corrected chi connectivity index (χ1v) is 1.24. The van der Waals surface area contributed by atoms with E-state index in [-0.39, 0.29) is 28.4 Å². The molecule has 8 N–H and O–H groups in total. The highest BCUT2D eigenvalue weighted by Gasteiger charge is 1.60. The summed E-state index contributed by atoms with van der Waals surface area (Å²) in [4.78, 5) is 17.3. The van der Waals surface area contributed by atoms with E-state index >= 15 is 0 Å². The first-order chi connectivity index (χ1) is 3.15. The predicted octanol–water partition coefficient (Wildman–Crippen LogP) is 0.995. The predicted molar refractivity (Wildman–Crippen MR) is 47.4 cm³/mol. The Kier molecular flexibility index (Phi) is 364. The lowest BCUT2D eigenvalue weighted by molar-refractivity contribution is 0.256. The van der Waals surface area contributed by atoms with Gasteiger partial charge in [0.2, 0.25) is 6.08 Å². The SMILES string of the molecule is C.C.C.N.N=C=O.NC(N)=O. The smallest absolute Gasteiger partial charge is 0.309 e. The molecule has 0 heterocycles. The largest absolute Gasteiger partial charge is 0.352 e. The maximum Gasteiger partial charge on any atom is 0.309 e. The number of urea groups is 1. The van der Waals surface area contributed by atoms with Crippen molar-refractivity contribution in [2.45, 2.75) is 22.3 Å². The van der Waals surface area contributed by atoms with Crippen LogP contribution in [0, 0.1) is 5.41 Å². The van der Waals surface area contributed by atoms with Gasteiger partial charge < -0.3 is 17.6 Å². The van der Waals surface area contributed by atoms with Crippen LogP contribution in [0.4, 0.5) is 4.79 Å². The summed E-state index contributed by atoms with van der Waals surface area (Å²) in [6.07, 6.45) is 0.750. The Labute approximate surface area is 68.0 Å². The standard InChI is InChI=1S/CH4N2O.CHNO.3CH4.H3N/c2-1(3)4;2-1-3;;;;/h(H4,2,3,4);2H;3*1H4;1H3. The van der Waals surface area contributed by atoms with Gasteiger partial charge in [-0.3, -0.25) is 0 Å². The second-order valence-electron chi connectivity index (χ2n) is 0.504. The Morgan fingerprint density at radius 3 is 1.18 bits per heavy atom. The van der Waals surface area contributed by atoms with Gasteiger partial charge in [0.15, 0.2) is 0 Å². The van der Waals surface area contributed by atoms with Crippen LogP contribution in [-0.2, 0) is 4.79 Å². The number of isocyanates is 1.